The van der Waals surface area contributed by atoms with Crippen LogP contribution in [0.25, 0.3) is 0 Å². The van der Waals surface area contributed by atoms with E-state index in [1.807, 2.05) is 13.8 Å². The molecular formula is C8H18N2O2. The molecule has 0 rings (SSSR count). The fraction of sp³-hybridized carbons (Fsp3) is 0.875. The highest BCUT2D eigenvalue weighted by Gasteiger charge is 2.03. The van der Waals surface area contributed by atoms with Crippen LogP contribution in [0.1, 0.15) is 20.3 Å². The van der Waals surface area contributed by atoms with Crippen molar-refractivity contribution in [2.75, 3.05) is 19.7 Å². The Morgan fingerprint density at radius 2 is 2.33 bits per heavy atom. The number of nitrogens with one attached hydrogen (secondary N) is 1. The Hall–Kier alpha value is -0.610. The predicted molar refractivity (Wildman–Crippen MR) is 47.8 cm³/mol. The van der Waals surface area contributed by atoms with Crippen molar-refractivity contribution in [3.63, 3.8) is 0 Å². The zero-order valence-electron chi connectivity index (χ0n) is 7.80. The quantitative estimate of drug-likeness (QED) is 0.590. The molecule has 0 aliphatic rings. The Morgan fingerprint density at radius 3 is 2.83 bits per heavy atom. The molecule has 0 aromatic rings. The first-order chi connectivity index (χ1) is 5.70. The molecule has 0 heterocycles. The van der Waals surface area contributed by atoms with E-state index in [0.717, 1.165) is 6.42 Å². The van der Waals surface area contributed by atoms with Gasteiger partial charge in [-0.25, -0.2) is 0 Å². The van der Waals surface area contributed by atoms with Gasteiger partial charge >= 0.3 is 0 Å². The van der Waals surface area contributed by atoms with E-state index in [1.54, 1.807) is 0 Å². The number of ether oxygens (including phenoxy) is 1. The van der Waals surface area contributed by atoms with Gasteiger partial charge in [0, 0.05) is 13.1 Å². The molecule has 4 nitrogen and oxygen atoms in total. The number of carbonyl (C=O) groups is 1. The maximum Gasteiger partial charge on any atom is 0.246 e. The first-order valence-electron chi connectivity index (χ1n) is 4.29. The van der Waals surface area contributed by atoms with Gasteiger partial charge in [0.25, 0.3) is 0 Å². The number of hydrogen-bond donors (Lipinski definition) is 2. The van der Waals surface area contributed by atoms with Crippen molar-refractivity contribution in [3.05, 3.63) is 0 Å². The Bertz CT molecular complexity index is 128. The lowest BCUT2D eigenvalue weighted by molar-refractivity contribution is -0.127. The van der Waals surface area contributed by atoms with Crippen LogP contribution in [0, 0.1) is 0 Å². The lowest BCUT2D eigenvalue weighted by Crippen LogP contribution is -2.31. The normalized spacial score (nSPS) is 12.6. The first kappa shape index (κ1) is 11.4. The molecule has 0 saturated carbocycles. The summed E-state index contributed by atoms with van der Waals surface area (Å²) >= 11 is 0. The third kappa shape index (κ3) is 6.12. The van der Waals surface area contributed by atoms with Gasteiger partial charge in [-0.1, -0.05) is 6.92 Å². The van der Waals surface area contributed by atoms with Crippen LogP contribution in [0.2, 0.25) is 0 Å². The van der Waals surface area contributed by atoms with Gasteiger partial charge < -0.3 is 15.8 Å². The molecule has 1 amide bonds. The molecule has 0 spiro atoms. The van der Waals surface area contributed by atoms with E-state index >= 15 is 0 Å². The molecule has 12 heavy (non-hydrogen) atoms. The van der Waals surface area contributed by atoms with E-state index in [-0.39, 0.29) is 18.6 Å². The minimum absolute atomic E-state index is 0.0441. The minimum Gasteiger partial charge on any atom is -0.367 e. The highest BCUT2D eigenvalue weighted by molar-refractivity contribution is 5.77. The van der Waals surface area contributed by atoms with Crippen LogP contribution in [0.15, 0.2) is 0 Å². The molecule has 0 bridgehead atoms. The van der Waals surface area contributed by atoms with Crippen molar-refractivity contribution in [1.82, 2.24) is 5.32 Å². The highest BCUT2D eigenvalue weighted by Crippen LogP contribution is 1.86. The maximum absolute atomic E-state index is 10.9. The molecule has 0 radical (unpaired) electrons. The van der Waals surface area contributed by atoms with E-state index in [1.165, 1.54) is 0 Å². The second-order valence-electron chi connectivity index (χ2n) is 2.71. The SMILES string of the molecule is CCCNC(=O)COC(C)CN. The fourth-order valence-corrected chi connectivity index (χ4v) is 0.601. The molecular weight excluding hydrogens is 156 g/mol. The van der Waals surface area contributed by atoms with Gasteiger partial charge in [0.15, 0.2) is 0 Å². The molecule has 0 aromatic carbocycles. The van der Waals surface area contributed by atoms with Crippen LogP contribution in [-0.4, -0.2) is 31.7 Å². The average molecular weight is 174 g/mol. The lowest BCUT2D eigenvalue weighted by Gasteiger charge is -2.09. The largest absolute Gasteiger partial charge is 0.367 e. The molecule has 3 N–H and O–H groups in total. The topological polar surface area (TPSA) is 64.3 Å². The number of amides is 1. The second-order valence-corrected chi connectivity index (χ2v) is 2.71. The molecule has 1 atom stereocenters. The summed E-state index contributed by atoms with van der Waals surface area (Å²) in [5.74, 6) is -0.0721. The maximum atomic E-state index is 10.9. The second kappa shape index (κ2) is 7.06. The van der Waals surface area contributed by atoms with Crippen LogP contribution in [0.5, 0.6) is 0 Å². The molecule has 4 heteroatoms. The van der Waals surface area contributed by atoms with Gasteiger partial charge in [0.2, 0.25) is 5.91 Å². The molecule has 0 saturated heterocycles. The molecule has 0 aliphatic heterocycles. The number of hydrogen-bond acceptors (Lipinski definition) is 3. The Kier molecular flexibility index (Phi) is 6.70. The Labute approximate surface area is 73.5 Å². The Balaban J connectivity index is 3.31. The zero-order valence-corrected chi connectivity index (χ0v) is 7.80. The summed E-state index contributed by atoms with van der Waals surface area (Å²) in [6.45, 7) is 5.11. The molecule has 0 aromatic heterocycles. The summed E-state index contributed by atoms with van der Waals surface area (Å²) < 4.78 is 5.11. The lowest BCUT2D eigenvalue weighted by atomic mass is 10.4. The summed E-state index contributed by atoms with van der Waals surface area (Å²) in [7, 11) is 0. The fourth-order valence-electron chi connectivity index (χ4n) is 0.601. The van der Waals surface area contributed by atoms with Gasteiger partial charge in [-0.05, 0) is 13.3 Å². The van der Waals surface area contributed by atoms with Gasteiger partial charge in [-0.2, -0.15) is 0 Å². The molecule has 1 unspecified atom stereocenters. The first-order valence-corrected chi connectivity index (χ1v) is 4.29. The minimum atomic E-state index is -0.0721. The van der Waals surface area contributed by atoms with Crippen molar-refractivity contribution in [2.24, 2.45) is 5.73 Å². The van der Waals surface area contributed by atoms with E-state index < -0.39 is 0 Å². The number of rotatable bonds is 6. The van der Waals surface area contributed by atoms with Crippen LogP contribution in [0.3, 0.4) is 0 Å². The Morgan fingerprint density at radius 1 is 1.67 bits per heavy atom. The van der Waals surface area contributed by atoms with Gasteiger partial charge in [0.1, 0.15) is 6.61 Å². The summed E-state index contributed by atoms with van der Waals surface area (Å²) in [5, 5.41) is 2.71. The standard InChI is InChI=1S/C8H18N2O2/c1-3-4-10-8(11)6-12-7(2)5-9/h7H,3-6,9H2,1-2H3,(H,10,11). The van der Waals surface area contributed by atoms with E-state index in [0.29, 0.717) is 13.1 Å². The number of nitrogens with two attached hydrogens (primary N) is 1. The molecule has 0 fully saturated rings. The highest BCUT2D eigenvalue weighted by atomic mass is 16.5. The van der Waals surface area contributed by atoms with Crippen LogP contribution >= 0.6 is 0 Å². The zero-order chi connectivity index (χ0) is 9.40. The molecule has 0 aliphatic carbocycles. The summed E-state index contributed by atoms with van der Waals surface area (Å²) in [6, 6.07) is 0. The van der Waals surface area contributed by atoms with E-state index in [4.69, 9.17) is 10.5 Å². The van der Waals surface area contributed by atoms with E-state index in [9.17, 15) is 4.79 Å². The van der Waals surface area contributed by atoms with E-state index in [2.05, 4.69) is 5.32 Å². The van der Waals surface area contributed by atoms with Crippen LogP contribution < -0.4 is 11.1 Å². The van der Waals surface area contributed by atoms with Crippen LogP contribution in [-0.2, 0) is 9.53 Å². The van der Waals surface area contributed by atoms with Crippen molar-refractivity contribution < 1.29 is 9.53 Å². The van der Waals surface area contributed by atoms with Crippen molar-refractivity contribution in [1.29, 1.82) is 0 Å². The summed E-state index contributed by atoms with van der Waals surface area (Å²) in [5.41, 5.74) is 5.30. The van der Waals surface area contributed by atoms with Gasteiger partial charge in [-0.3, -0.25) is 4.79 Å². The third-order valence-corrected chi connectivity index (χ3v) is 1.40. The van der Waals surface area contributed by atoms with Crippen molar-refractivity contribution >= 4 is 5.91 Å². The van der Waals surface area contributed by atoms with Crippen LogP contribution in [0.4, 0.5) is 0 Å². The van der Waals surface area contributed by atoms with Crippen molar-refractivity contribution in [2.45, 2.75) is 26.4 Å². The predicted octanol–water partition coefficient (Wildman–Crippen LogP) is -0.124. The van der Waals surface area contributed by atoms with Gasteiger partial charge in [0.05, 0.1) is 6.10 Å². The monoisotopic (exact) mass is 174 g/mol. The summed E-state index contributed by atoms with van der Waals surface area (Å²) in [4.78, 5) is 10.9. The van der Waals surface area contributed by atoms with Crippen molar-refractivity contribution in [3.8, 4) is 0 Å². The average Bonchev–Trinajstić information content (AvgIpc) is 2.10. The summed E-state index contributed by atoms with van der Waals surface area (Å²) in [6.07, 6.45) is 0.899. The molecule has 72 valence electrons. The third-order valence-electron chi connectivity index (χ3n) is 1.40. The number of carbonyl (C=O) groups excluding carboxylic acids is 1. The van der Waals surface area contributed by atoms with Gasteiger partial charge in [-0.15, -0.1) is 0 Å². The smallest absolute Gasteiger partial charge is 0.246 e.